The Hall–Kier alpha value is -3.10. The zero-order valence-corrected chi connectivity index (χ0v) is 14.7. The molecule has 3 heteroatoms. The number of nitrogens with one attached hydrogen (secondary N) is 1. The molecule has 2 aromatic heterocycles. The average Bonchev–Trinajstić information content (AvgIpc) is 3.06. The number of hydrogen-bond donors (Lipinski definition) is 1. The highest BCUT2D eigenvalue weighted by molar-refractivity contribution is 6.31. The van der Waals surface area contributed by atoms with E-state index in [0.717, 1.165) is 21.9 Å². The third-order valence-corrected chi connectivity index (χ3v) is 4.95. The molecule has 0 aliphatic carbocycles. The van der Waals surface area contributed by atoms with E-state index < -0.39 is 0 Å². The molecular weight excluding hydrogens is 340 g/mol. The molecule has 0 fully saturated rings. The molecule has 1 N–H and O–H groups in total. The number of halogens is 1. The summed E-state index contributed by atoms with van der Waals surface area (Å²) in [5.74, 6) is 0. The lowest BCUT2D eigenvalue weighted by atomic mass is 9.99. The second-order valence-corrected chi connectivity index (χ2v) is 6.81. The zero-order valence-electron chi connectivity index (χ0n) is 13.9. The molecule has 2 heterocycles. The minimum Gasteiger partial charge on any atom is -0.339 e. The SMILES string of the molecule is Clc1cnc2[nH]c3ccc(-c4ccc(-c5ccccc5)cc4)cc3c2c1. The van der Waals surface area contributed by atoms with Crippen LogP contribution < -0.4 is 0 Å². The maximum atomic E-state index is 6.13. The lowest BCUT2D eigenvalue weighted by Crippen LogP contribution is -1.80. The van der Waals surface area contributed by atoms with Crippen molar-refractivity contribution in [3.8, 4) is 22.3 Å². The van der Waals surface area contributed by atoms with Gasteiger partial charge in [0.2, 0.25) is 0 Å². The first-order valence-electron chi connectivity index (χ1n) is 8.51. The second-order valence-electron chi connectivity index (χ2n) is 6.38. The van der Waals surface area contributed by atoms with Crippen molar-refractivity contribution in [2.45, 2.75) is 0 Å². The van der Waals surface area contributed by atoms with Crippen molar-refractivity contribution in [3.63, 3.8) is 0 Å². The van der Waals surface area contributed by atoms with Crippen LogP contribution in [0.4, 0.5) is 0 Å². The van der Waals surface area contributed by atoms with Gasteiger partial charge >= 0.3 is 0 Å². The Bertz CT molecular complexity index is 1220. The molecule has 0 saturated heterocycles. The van der Waals surface area contributed by atoms with Gasteiger partial charge in [-0.2, -0.15) is 0 Å². The summed E-state index contributed by atoms with van der Waals surface area (Å²) >= 11 is 6.13. The maximum Gasteiger partial charge on any atom is 0.138 e. The Morgan fingerprint density at radius 3 is 2.08 bits per heavy atom. The van der Waals surface area contributed by atoms with Crippen molar-refractivity contribution < 1.29 is 0 Å². The topological polar surface area (TPSA) is 28.7 Å². The molecule has 5 rings (SSSR count). The summed E-state index contributed by atoms with van der Waals surface area (Å²) in [6, 6.07) is 27.5. The Morgan fingerprint density at radius 2 is 1.31 bits per heavy atom. The first-order chi connectivity index (χ1) is 12.8. The van der Waals surface area contributed by atoms with E-state index in [2.05, 4.69) is 76.7 Å². The van der Waals surface area contributed by atoms with Gasteiger partial charge in [-0.3, -0.25) is 0 Å². The summed E-state index contributed by atoms with van der Waals surface area (Å²) < 4.78 is 0. The van der Waals surface area contributed by atoms with Crippen LogP contribution in [-0.2, 0) is 0 Å². The van der Waals surface area contributed by atoms with Crippen molar-refractivity contribution >= 4 is 33.5 Å². The number of aromatic amines is 1. The molecule has 3 aromatic carbocycles. The van der Waals surface area contributed by atoms with Crippen LogP contribution in [0.25, 0.3) is 44.2 Å². The minimum absolute atomic E-state index is 0.649. The van der Waals surface area contributed by atoms with E-state index in [4.69, 9.17) is 11.6 Å². The van der Waals surface area contributed by atoms with Gasteiger partial charge in [-0.1, -0.05) is 72.3 Å². The fourth-order valence-corrected chi connectivity index (χ4v) is 3.57. The van der Waals surface area contributed by atoms with Crippen LogP contribution in [-0.4, -0.2) is 9.97 Å². The van der Waals surface area contributed by atoms with Crippen LogP contribution in [0.3, 0.4) is 0 Å². The number of pyridine rings is 1. The fraction of sp³-hybridized carbons (Fsp3) is 0. The van der Waals surface area contributed by atoms with E-state index in [1.165, 1.54) is 22.3 Å². The van der Waals surface area contributed by atoms with Crippen molar-refractivity contribution in [1.29, 1.82) is 0 Å². The van der Waals surface area contributed by atoms with Crippen molar-refractivity contribution in [2.24, 2.45) is 0 Å². The first-order valence-corrected chi connectivity index (χ1v) is 8.88. The van der Waals surface area contributed by atoms with Crippen molar-refractivity contribution in [3.05, 3.63) is 90.1 Å². The Balaban J connectivity index is 1.60. The van der Waals surface area contributed by atoms with Gasteiger partial charge < -0.3 is 4.98 Å². The number of fused-ring (bicyclic) bond motifs is 3. The molecule has 0 saturated carbocycles. The van der Waals surface area contributed by atoms with Crippen molar-refractivity contribution in [1.82, 2.24) is 9.97 Å². The largest absolute Gasteiger partial charge is 0.339 e. The summed E-state index contributed by atoms with van der Waals surface area (Å²) in [5.41, 5.74) is 6.75. The van der Waals surface area contributed by atoms with E-state index in [0.29, 0.717) is 5.02 Å². The number of H-pyrrole nitrogens is 1. The highest BCUT2D eigenvalue weighted by Gasteiger charge is 2.08. The van der Waals surface area contributed by atoms with Crippen LogP contribution in [0, 0.1) is 0 Å². The molecule has 0 spiro atoms. The van der Waals surface area contributed by atoms with Gasteiger partial charge in [-0.05, 0) is 40.5 Å². The van der Waals surface area contributed by atoms with Gasteiger partial charge in [-0.15, -0.1) is 0 Å². The predicted octanol–water partition coefficient (Wildman–Crippen LogP) is 6.70. The summed E-state index contributed by atoms with van der Waals surface area (Å²) in [6.45, 7) is 0. The fourth-order valence-electron chi connectivity index (χ4n) is 3.41. The third-order valence-electron chi connectivity index (χ3n) is 4.74. The summed E-state index contributed by atoms with van der Waals surface area (Å²) in [4.78, 5) is 7.72. The first kappa shape index (κ1) is 15.2. The zero-order chi connectivity index (χ0) is 17.5. The average molecular weight is 355 g/mol. The molecule has 124 valence electrons. The van der Waals surface area contributed by atoms with Crippen molar-refractivity contribution in [2.75, 3.05) is 0 Å². The third kappa shape index (κ3) is 2.56. The quantitative estimate of drug-likeness (QED) is 0.375. The lowest BCUT2D eigenvalue weighted by molar-refractivity contribution is 1.35. The minimum atomic E-state index is 0.649. The maximum absolute atomic E-state index is 6.13. The monoisotopic (exact) mass is 354 g/mol. The normalized spacial score (nSPS) is 11.3. The number of hydrogen-bond acceptors (Lipinski definition) is 1. The number of aromatic nitrogens is 2. The molecule has 2 nitrogen and oxygen atoms in total. The molecule has 0 atom stereocenters. The summed E-state index contributed by atoms with van der Waals surface area (Å²) in [6.07, 6.45) is 1.67. The van der Waals surface area contributed by atoms with Crippen LogP contribution in [0.5, 0.6) is 0 Å². The van der Waals surface area contributed by atoms with Gasteiger partial charge in [-0.25, -0.2) is 4.98 Å². The predicted molar refractivity (Wildman–Crippen MR) is 109 cm³/mol. The van der Waals surface area contributed by atoms with Gasteiger partial charge in [0.15, 0.2) is 0 Å². The van der Waals surface area contributed by atoms with Crippen LogP contribution in [0.2, 0.25) is 5.02 Å². The molecule has 26 heavy (non-hydrogen) atoms. The molecule has 0 amide bonds. The molecule has 0 radical (unpaired) electrons. The number of nitrogens with zero attached hydrogens (tertiary/aromatic N) is 1. The van der Waals surface area contributed by atoms with Gasteiger partial charge in [0.05, 0.1) is 5.02 Å². The number of benzene rings is 3. The molecule has 5 aromatic rings. The Kier molecular flexibility index (Phi) is 3.51. The molecular formula is C23H15ClN2. The van der Waals surface area contributed by atoms with E-state index in [1.807, 2.05) is 12.1 Å². The molecule has 0 bridgehead atoms. The highest BCUT2D eigenvalue weighted by atomic mass is 35.5. The van der Waals surface area contributed by atoms with Crippen LogP contribution in [0.15, 0.2) is 85.1 Å². The highest BCUT2D eigenvalue weighted by Crippen LogP contribution is 2.31. The van der Waals surface area contributed by atoms with E-state index in [1.54, 1.807) is 6.20 Å². The van der Waals surface area contributed by atoms with Gasteiger partial charge in [0.25, 0.3) is 0 Å². The van der Waals surface area contributed by atoms with E-state index in [-0.39, 0.29) is 0 Å². The molecule has 0 aliphatic heterocycles. The number of rotatable bonds is 2. The van der Waals surface area contributed by atoms with Gasteiger partial charge in [0, 0.05) is 22.5 Å². The molecule has 0 aliphatic rings. The van der Waals surface area contributed by atoms with Gasteiger partial charge in [0.1, 0.15) is 5.65 Å². The Morgan fingerprint density at radius 1 is 0.654 bits per heavy atom. The standard InChI is InChI=1S/C23H15ClN2/c24-19-13-21-20-12-18(10-11-22(20)26-23(21)25-14-19)17-8-6-16(7-9-17)15-4-2-1-3-5-15/h1-14H,(H,25,26). The smallest absolute Gasteiger partial charge is 0.138 e. The Labute approximate surface area is 156 Å². The van der Waals surface area contributed by atoms with E-state index >= 15 is 0 Å². The van der Waals surface area contributed by atoms with E-state index in [9.17, 15) is 0 Å². The lowest BCUT2D eigenvalue weighted by Gasteiger charge is -2.05. The summed E-state index contributed by atoms with van der Waals surface area (Å²) in [5, 5.41) is 2.84. The second kappa shape index (κ2) is 6.01. The molecule has 0 unspecified atom stereocenters. The van der Waals surface area contributed by atoms with Crippen LogP contribution in [0.1, 0.15) is 0 Å². The van der Waals surface area contributed by atoms with Crippen LogP contribution >= 0.6 is 11.6 Å². The summed E-state index contributed by atoms with van der Waals surface area (Å²) in [7, 11) is 0.